The highest BCUT2D eigenvalue weighted by atomic mass is 32.1. The van der Waals surface area contributed by atoms with Crippen LogP contribution in [-0.4, -0.2) is 17.5 Å². The Balaban J connectivity index is 2.21. The first-order valence-electron chi connectivity index (χ1n) is 4.05. The van der Waals surface area contributed by atoms with Crippen molar-refractivity contribution in [3.63, 3.8) is 0 Å². The molecule has 0 bridgehead atoms. The molecular formula is C8H10F2N2S. The molecule has 0 aromatic carbocycles. The van der Waals surface area contributed by atoms with Crippen molar-refractivity contribution in [2.45, 2.75) is 24.2 Å². The Kier molecular flexibility index (Phi) is 1.89. The second-order valence-electron chi connectivity index (χ2n) is 3.56. The van der Waals surface area contributed by atoms with Crippen molar-refractivity contribution in [3.05, 3.63) is 16.6 Å². The van der Waals surface area contributed by atoms with Crippen LogP contribution in [0, 0.1) is 0 Å². The standard InChI is InChI=1S/C8H10F2N2S/c9-8(10)2-7(3-8,4-11)6-1-12-5-13-6/h1,5H,2-4,11H2. The van der Waals surface area contributed by atoms with Gasteiger partial charge in [-0.3, -0.25) is 4.98 Å². The summed E-state index contributed by atoms with van der Waals surface area (Å²) in [6.07, 6.45) is 1.39. The number of alkyl halides is 2. The summed E-state index contributed by atoms with van der Waals surface area (Å²) in [5.41, 5.74) is 6.69. The van der Waals surface area contributed by atoms with E-state index in [1.807, 2.05) is 0 Å². The lowest BCUT2D eigenvalue weighted by Gasteiger charge is -2.45. The van der Waals surface area contributed by atoms with Gasteiger partial charge in [-0.2, -0.15) is 0 Å². The van der Waals surface area contributed by atoms with Crippen LogP contribution >= 0.6 is 11.3 Å². The van der Waals surface area contributed by atoms with Crippen LogP contribution in [0.4, 0.5) is 8.78 Å². The molecule has 2 N–H and O–H groups in total. The second kappa shape index (κ2) is 2.72. The summed E-state index contributed by atoms with van der Waals surface area (Å²) in [6.45, 7) is 0.283. The Morgan fingerprint density at radius 1 is 1.54 bits per heavy atom. The average molecular weight is 204 g/mol. The van der Waals surface area contributed by atoms with Gasteiger partial charge >= 0.3 is 0 Å². The molecule has 1 aromatic rings. The molecule has 1 saturated carbocycles. The Hall–Kier alpha value is -0.550. The third-order valence-corrected chi connectivity index (χ3v) is 3.56. The van der Waals surface area contributed by atoms with E-state index in [-0.39, 0.29) is 19.4 Å². The fourth-order valence-corrected chi connectivity index (χ4v) is 2.67. The molecule has 1 heterocycles. The minimum Gasteiger partial charge on any atom is -0.330 e. The number of halogens is 2. The zero-order chi connectivity index (χ0) is 9.53. The quantitative estimate of drug-likeness (QED) is 0.797. The Labute approximate surface area is 78.8 Å². The van der Waals surface area contributed by atoms with Gasteiger partial charge < -0.3 is 5.73 Å². The fraction of sp³-hybridized carbons (Fsp3) is 0.625. The predicted molar refractivity (Wildman–Crippen MR) is 47.0 cm³/mol. The number of hydrogen-bond donors (Lipinski definition) is 1. The zero-order valence-corrected chi connectivity index (χ0v) is 7.78. The van der Waals surface area contributed by atoms with Gasteiger partial charge in [0.2, 0.25) is 5.92 Å². The topological polar surface area (TPSA) is 38.9 Å². The zero-order valence-electron chi connectivity index (χ0n) is 6.96. The van der Waals surface area contributed by atoms with Crippen molar-refractivity contribution in [3.8, 4) is 0 Å². The van der Waals surface area contributed by atoms with Crippen molar-refractivity contribution in [2.24, 2.45) is 5.73 Å². The molecule has 1 aliphatic rings. The first-order chi connectivity index (χ1) is 6.08. The van der Waals surface area contributed by atoms with Gasteiger partial charge in [0.25, 0.3) is 0 Å². The van der Waals surface area contributed by atoms with Gasteiger partial charge in [0.15, 0.2) is 0 Å². The van der Waals surface area contributed by atoms with Gasteiger partial charge in [0.05, 0.1) is 5.51 Å². The lowest BCUT2D eigenvalue weighted by Crippen LogP contribution is -2.53. The molecule has 5 heteroatoms. The number of hydrogen-bond acceptors (Lipinski definition) is 3. The molecule has 0 spiro atoms. The number of aromatic nitrogens is 1. The molecular weight excluding hydrogens is 194 g/mol. The van der Waals surface area contributed by atoms with Gasteiger partial charge in [-0.05, 0) is 0 Å². The van der Waals surface area contributed by atoms with Crippen molar-refractivity contribution in [1.29, 1.82) is 0 Å². The smallest absolute Gasteiger partial charge is 0.250 e. The molecule has 1 aromatic heterocycles. The maximum absolute atomic E-state index is 12.7. The van der Waals surface area contributed by atoms with E-state index in [9.17, 15) is 8.78 Å². The van der Waals surface area contributed by atoms with Crippen LogP contribution in [0.3, 0.4) is 0 Å². The van der Waals surface area contributed by atoms with Crippen LogP contribution in [0.1, 0.15) is 17.7 Å². The van der Waals surface area contributed by atoms with E-state index < -0.39 is 11.3 Å². The Morgan fingerprint density at radius 3 is 2.62 bits per heavy atom. The van der Waals surface area contributed by atoms with Crippen LogP contribution in [0.5, 0.6) is 0 Å². The number of rotatable bonds is 2. The van der Waals surface area contributed by atoms with Gasteiger partial charge in [0.1, 0.15) is 0 Å². The van der Waals surface area contributed by atoms with Gasteiger partial charge in [-0.25, -0.2) is 8.78 Å². The number of nitrogens with two attached hydrogens (primary N) is 1. The van der Waals surface area contributed by atoms with Gasteiger partial charge in [0, 0.05) is 35.9 Å². The molecule has 1 fully saturated rings. The third kappa shape index (κ3) is 1.36. The molecule has 0 atom stereocenters. The van der Waals surface area contributed by atoms with Gasteiger partial charge in [-0.1, -0.05) is 0 Å². The van der Waals surface area contributed by atoms with E-state index in [1.54, 1.807) is 11.7 Å². The maximum Gasteiger partial charge on any atom is 0.250 e. The van der Waals surface area contributed by atoms with Gasteiger partial charge in [-0.15, -0.1) is 11.3 Å². The Bertz CT molecular complexity index is 289. The van der Waals surface area contributed by atoms with E-state index >= 15 is 0 Å². The molecule has 0 radical (unpaired) electrons. The van der Waals surface area contributed by atoms with E-state index in [2.05, 4.69) is 4.98 Å². The molecule has 1 aliphatic carbocycles. The van der Waals surface area contributed by atoms with Crippen LogP contribution in [0.25, 0.3) is 0 Å². The first kappa shape index (κ1) is 9.02. The minimum atomic E-state index is -2.52. The average Bonchev–Trinajstić information content (AvgIpc) is 2.51. The summed E-state index contributed by atoms with van der Waals surface area (Å²) in [6, 6.07) is 0. The van der Waals surface area contributed by atoms with Crippen molar-refractivity contribution in [1.82, 2.24) is 4.98 Å². The second-order valence-corrected chi connectivity index (χ2v) is 4.45. The van der Waals surface area contributed by atoms with Crippen molar-refractivity contribution in [2.75, 3.05) is 6.54 Å². The molecule has 0 aliphatic heterocycles. The highest BCUT2D eigenvalue weighted by molar-refractivity contribution is 7.09. The van der Waals surface area contributed by atoms with E-state index in [1.165, 1.54) is 11.3 Å². The summed E-state index contributed by atoms with van der Waals surface area (Å²) in [4.78, 5) is 4.77. The lowest BCUT2D eigenvalue weighted by molar-refractivity contribution is -0.122. The largest absolute Gasteiger partial charge is 0.330 e. The number of thiazole rings is 1. The molecule has 13 heavy (non-hydrogen) atoms. The molecule has 0 amide bonds. The Morgan fingerprint density at radius 2 is 2.23 bits per heavy atom. The SMILES string of the molecule is NCC1(c2cncs2)CC(F)(F)C1. The molecule has 0 saturated heterocycles. The summed E-state index contributed by atoms with van der Waals surface area (Å²) >= 11 is 1.41. The maximum atomic E-state index is 12.7. The summed E-state index contributed by atoms with van der Waals surface area (Å²) in [5.74, 6) is -2.52. The van der Waals surface area contributed by atoms with Crippen molar-refractivity contribution < 1.29 is 8.78 Å². The molecule has 72 valence electrons. The highest BCUT2D eigenvalue weighted by Gasteiger charge is 2.57. The van der Waals surface area contributed by atoms with E-state index in [0.29, 0.717) is 0 Å². The monoisotopic (exact) mass is 204 g/mol. The minimum absolute atomic E-state index is 0.126. The molecule has 2 nitrogen and oxygen atoms in total. The molecule has 0 unspecified atom stereocenters. The van der Waals surface area contributed by atoms with E-state index in [0.717, 1.165) is 4.88 Å². The normalized spacial score (nSPS) is 23.9. The first-order valence-corrected chi connectivity index (χ1v) is 4.93. The highest BCUT2D eigenvalue weighted by Crippen LogP contribution is 2.53. The van der Waals surface area contributed by atoms with Crippen LogP contribution < -0.4 is 5.73 Å². The molecule has 2 rings (SSSR count). The number of nitrogens with zero attached hydrogens (tertiary/aromatic N) is 1. The van der Waals surface area contributed by atoms with Crippen molar-refractivity contribution >= 4 is 11.3 Å². The predicted octanol–water partition coefficient (Wildman–Crippen LogP) is 1.77. The lowest BCUT2D eigenvalue weighted by atomic mass is 9.65. The van der Waals surface area contributed by atoms with Crippen LogP contribution in [0.15, 0.2) is 11.7 Å². The van der Waals surface area contributed by atoms with Crippen LogP contribution in [0.2, 0.25) is 0 Å². The fourth-order valence-electron chi connectivity index (χ4n) is 1.84. The summed E-state index contributed by atoms with van der Waals surface area (Å²) in [5, 5.41) is 0. The van der Waals surface area contributed by atoms with E-state index in [4.69, 9.17) is 5.73 Å². The summed E-state index contributed by atoms with van der Waals surface area (Å²) < 4.78 is 25.5. The van der Waals surface area contributed by atoms with Crippen LogP contribution in [-0.2, 0) is 5.41 Å². The third-order valence-electron chi connectivity index (χ3n) is 2.54. The summed E-state index contributed by atoms with van der Waals surface area (Å²) in [7, 11) is 0.